The minimum atomic E-state index is -0.225. The Balaban J connectivity index is 1.37. The summed E-state index contributed by atoms with van der Waals surface area (Å²) >= 11 is 0. The molecule has 2 aliphatic heterocycles. The molecule has 1 atom stereocenters. The topological polar surface area (TPSA) is 57.3 Å². The second-order valence-electron chi connectivity index (χ2n) is 6.96. The van der Waals surface area contributed by atoms with Crippen LogP contribution in [0.5, 0.6) is 0 Å². The van der Waals surface area contributed by atoms with E-state index < -0.39 is 0 Å². The highest BCUT2D eigenvalue weighted by Crippen LogP contribution is 2.28. The summed E-state index contributed by atoms with van der Waals surface area (Å²) in [5, 5.41) is 7.47. The van der Waals surface area contributed by atoms with Gasteiger partial charge in [-0.1, -0.05) is 0 Å². The molecule has 1 amide bonds. The standard InChI is InChI=1S/C19H23FN4O/c20-13-1-3-17-16(11-13)18(5-8-21-17)24-9-6-14(7-10-24)22-12-15-2-4-19(25)23-15/h1,3,5,8,11,14-15,22H,2,4,6-7,9-10,12H2,(H,23,25)/t15-/m1/s1. The first kappa shape index (κ1) is 16.3. The Labute approximate surface area is 146 Å². The van der Waals surface area contributed by atoms with Crippen molar-refractivity contribution in [3.63, 3.8) is 0 Å². The fourth-order valence-electron chi connectivity index (χ4n) is 3.84. The van der Waals surface area contributed by atoms with Crippen LogP contribution in [0.4, 0.5) is 10.1 Å². The first-order valence-corrected chi connectivity index (χ1v) is 9.01. The molecule has 0 spiro atoms. The normalized spacial score (nSPS) is 21.7. The van der Waals surface area contributed by atoms with Gasteiger partial charge in [0.25, 0.3) is 0 Å². The predicted octanol–water partition coefficient (Wildman–Crippen LogP) is 2.21. The molecule has 1 aromatic heterocycles. The molecule has 6 heteroatoms. The van der Waals surface area contributed by atoms with Crippen molar-refractivity contribution >= 4 is 22.5 Å². The van der Waals surface area contributed by atoms with Crippen molar-refractivity contribution in [2.45, 2.75) is 37.8 Å². The quantitative estimate of drug-likeness (QED) is 0.894. The van der Waals surface area contributed by atoms with Crippen molar-refractivity contribution in [3.8, 4) is 0 Å². The number of carbonyl (C=O) groups excluding carboxylic acids is 1. The van der Waals surface area contributed by atoms with Crippen LogP contribution in [0.25, 0.3) is 10.9 Å². The molecular weight excluding hydrogens is 319 g/mol. The molecule has 25 heavy (non-hydrogen) atoms. The number of hydrogen-bond donors (Lipinski definition) is 2. The van der Waals surface area contributed by atoms with Gasteiger partial charge in [-0.3, -0.25) is 9.78 Å². The third-order valence-electron chi connectivity index (χ3n) is 5.25. The minimum absolute atomic E-state index is 0.165. The fraction of sp³-hybridized carbons (Fsp3) is 0.474. The Morgan fingerprint density at radius 2 is 2.08 bits per heavy atom. The maximum atomic E-state index is 13.6. The first-order chi connectivity index (χ1) is 12.2. The smallest absolute Gasteiger partial charge is 0.220 e. The molecule has 2 aliphatic rings. The third kappa shape index (κ3) is 3.58. The van der Waals surface area contributed by atoms with Gasteiger partial charge in [0.15, 0.2) is 0 Å². The van der Waals surface area contributed by atoms with Gasteiger partial charge >= 0.3 is 0 Å². The van der Waals surface area contributed by atoms with Crippen molar-refractivity contribution in [2.24, 2.45) is 0 Å². The van der Waals surface area contributed by atoms with E-state index in [4.69, 9.17) is 0 Å². The second kappa shape index (κ2) is 6.96. The third-order valence-corrected chi connectivity index (χ3v) is 5.25. The maximum Gasteiger partial charge on any atom is 0.220 e. The number of hydrogen-bond acceptors (Lipinski definition) is 4. The molecule has 0 bridgehead atoms. The monoisotopic (exact) mass is 342 g/mol. The van der Waals surface area contributed by atoms with E-state index in [1.54, 1.807) is 18.3 Å². The number of carbonyl (C=O) groups is 1. The highest BCUT2D eigenvalue weighted by Gasteiger charge is 2.24. The minimum Gasteiger partial charge on any atom is -0.371 e. The van der Waals surface area contributed by atoms with E-state index in [0.717, 1.165) is 55.5 Å². The molecule has 3 heterocycles. The zero-order chi connectivity index (χ0) is 17.2. The van der Waals surface area contributed by atoms with Crippen molar-refractivity contribution in [1.82, 2.24) is 15.6 Å². The molecule has 132 valence electrons. The summed E-state index contributed by atoms with van der Waals surface area (Å²) in [6.45, 7) is 2.72. The zero-order valence-corrected chi connectivity index (χ0v) is 14.2. The van der Waals surface area contributed by atoms with Crippen molar-refractivity contribution in [3.05, 3.63) is 36.3 Å². The van der Waals surface area contributed by atoms with E-state index in [1.165, 1.54) is 6.07 Å². The molecule has 0 radical (unpaired) electrons. The van der Waals surface area contributed by atoms with E-state index in [9.17, 15) is 9.18 Å². The highest BCUT2D eigenvalue weighted by molar-refractivity contribution is 5.91. The molecular formula is C19H23FN4O. The number of nitrogens with zero attached hydrogens (tertiary/aromatic N) is 2. The summed E-state index contributed by atoms with van der Waals surface area (Å²) in [4.78, 5) is 17.9. The molecule has 2 saturated heterocycles. The van der Waals surface area contributed by atoms with Crippen LogP contribution in [0.2, 0.25) is 0 Å². The zero-order valence-electron chi connectivity index (χ0n) is 14.2. The second-order valence-corrected chi connectivity index (χ2v) is 6.96. The lowest BCUT2D eigenvalue weighted by Crippen LogP contribution is -2.46. The van der Waals surface area contributed by atoms with Crippen LogP contribution in [0.15, 0.2) is 30.5 Å². The number of fused-ring (bicyclic) bond motifs is 1. The van der Waals surface area contributed by atoms with Crippen LogP contribution in [0, 0.1) is 5.82 Å². The molecule has 2 aromatic rings. The summed E-state index contributed by atoms with van der Waals surface area (Å²) in [6, 6.07) is 7.49. The Kier molecular flexibility index (Phi) is 4.53. The van der Waals surface area contributed by atoms with E-state index in [-0.39, 0.29) is 17.8 Å². The van der Waals surface area contributed by atoms with Gasteiger partial charge in [0.2, 0.25) is 5.91 Å². The van der Waals surface area contributed by atoms with Crippen LogP contribution < -0.4 is 15.5 Å². The van der Waals surface area contributed by atoms with Crippen LogP contribution in [-0.4, -0.2) is 42.6 Å². The Hall–Kier alpha value is -2.21. The number of pyridine rings is 1. The average Bonchev–Trinajstić information content (AvgIpc) is 3.05. The van der Waals surface area contributed by atoms with Gasteiger partial charge in [-0.05, 0) is 43.5 Å². The number of benzene rings is 1. The van der Waals surface area contributed by atoms with Gasteiger partial charge in [-0.15, -0.1) is 0 Å². The van der Waals surface area contributed by atoms with Gasteiger partial charge in [-0.25, -0.2) is 4.39 Å². The average molecular weight is 342 g/mol. The number of aromatic nitrogens is 1. The van der Waals surface area contributed by atoms with Gasteiger partial charge < -0.3 is 15.5 Å². The van der Waals surface area contributed by atoms with E-state index in [2.05, 4.69) is 20.5 Å². The number of halogens is 1. The molecule has 0 saturated carbocycles. The van der Waals surface area contributed by atoms with Crippen molar-refractivity contribution in [1.29, 1.82) is 0 Å². The number of rotatable bonds is 4. The maximum absolute atomic E-state index is 13.6. The molecule has 0 unspecified atom stereocenters. The fourth-order valence-corrected chi connectivity index (χ4v) is 3.84. The SMILES string of the molecule is O=C1CC[C@H](CNC2CCN(c3ccnc4ccc(F)cc34)CC2)N1. The summed E-state index contributed by atoms with van der Waals surface area (Å²) in [5.74, 6) is -0.0599. The van der Waals surface area contributed by atoms with Crippen molar-refractivity contribution < 1.29 is 9.18 Å². The van der Waals surface area contributed by atoms with Gasteiger partial charge in [0.1, 0.15) is 5.82 Å². The summed E-state index contributed by atoms with van der Waals surface area (Å²) in [5.41, 5.74) is 1.89. The van der Waals surface area contributed by atoms with E-state index in [1.807, 2.05) is 6.07 Å². The molecule has 0 aliphatic carbocycles. The largest absolute Gasteiger partial charge is 0.371 e. The van der Waals surface area contributed by atoms with Gasteiger partial charge in [-0.2, -0.15) is 0 Å². The first-order valence-electron chi connectivity index (χ1n) is 9.01. The number of amides is 1. The van der Waals surface area contributed by atoms with Gasteiger partial charge in [0, 0.05) is 55.4 Å². The van der Waals surface area contributed by atoms with Crippen LogP contribution in [0.1, 0.15) is 25.7 Å². The Morgan fingerprint density at radius 3 is 2.84 bits per heavy atom. The van der Waals surface area contributed by atoms with E-state index in [0.29, 0.717) is 12.5 Å². The van der Waals surface area contributed by atoms with Crippen molar-refractivity contribution in [2.75, 3.05) is 24.5 Å². The number of piperidine rings is 1. The molecule has 2 N–H and O–H groups in total. The number of anilines is 1. The summed E-state index contributed by atoms with van der Waals surface area (Å²) in [7, 11) is 0. The van der Waals surface area contributed by atoms with Crippen LogP contribution in [-0.2, 0) is 4.79 Å². The highest BCUT2D eigenvalue weighted by atomic mass is 19.1. The molecule has 4 rings (SSSR count). The summed E-state index contributed by atoms with van der Waals surface area (Å²) in [6.07, 6.45) is 5.46. The Bertz CT molecular complexity index is 773. The summed E-state index contributed by atoms with van der Waals surface area (Å²) < 4.78 is 13.6. The lowest BCUT2D eigenvalue weighted by molar-refractivity contribution is -0.119. The number of nitrogens with one attached hydrogen (secondary N) is 2. The van der Waals surface area contributed by atoms with Crippen LogP contribution >= 0.6 is 0 Å². The predicted molar refractivity (Wildman–Crippen MR) is 96.1 cm³/mol. The van der Waals surface area contributed by atoms with Crippen LogP contribution in [0.3, 0.4) is 0 Å². The lowest BCUT2D eigenvalue weighted by atomic mass is 10.0. The lowest BCUT2D eigenvalue weighted by Gasteiger charge is -2.35. The Morgan fingerprint density at radius 1 is 1.24 bits per heavy atom. The molecule has 2 fully saturated rings. The molecule has 5 nitrogen and oxygen atoms in total. The van der Waals surface area contributed by atoms with Gasteiger partial charge in [0.05, 0.1) is 5.52 Å². The molecule has 1 aromatic carbocycles. The van der Waals surface area contributed by atoms with E-state index >= 15 is 0 Å².